The molecule has 0 bridgehead atoms. The molecule has 0 aliphatic carbocycles. The molecule has 1 aromatic carbocycles. The van der Waals surface area contributed by atoms with Gasteiger partial charge in [0.15, 0.2) is 0 Å². The van der Waals surface area contributed by atoms with Crippen LogP contribution in [0, 0.1) is 17.1 Å². The van der Waals surface area contributed by atoms with Crippen LogP contribution >= 0.6 is 15.9 Å². The third kappa shape index (κ3) is 1.53. The predicted molar refractivity (Wildman–Crippen MR) is 58.5 cm³/mol. The normalized spacial score (nSPS) is 10.2. The molecule has 0 saturated carbocycles. The average Bonchev–Trinajstić information content (AvgIpc) is 2.22. The van der Waals surface area contributed by atoms with E-state index in [2.05, 4.69) is 20.9 Å². The first-order valence-corrected chi connectivity index (χ1v) is 4.86. The number of aromatic nitrogens is 1. The summed E-state index contributed by atoms with van der Waals surface area (Å²) in [5.41, 5.74) is 6.79. The number of nitriles is 1. The van der Waals surface area contributed by atoms with Crippen LogP contribution in [0.25, 0.3) is 10.9 Å². The van der Waals surface area contributed by atoms with Gasteiger partial charge in [-0.25, -0.2) is 4.39 Å². The van der Waals surface area contributed by atoms with E-state index < -0.39 is 5.82 Å². The summed E-state index contributed by atoms with van der Waals surface area (Å²) in [6, 6.07) is 4.72. The smallest absolute Gasteiger partial charge is 0.139 e. The fourth-order valence-corrected chi connectivity index (χ4v) is 1.64. The third-order valence-electron chi connectivity index (χ3n) is 2.07. The molecule has 3 nitrogen and oxygen atoms in total. The van der Waals surface area contributed by atoms with Crippen LogP contribution in [-0.4, -0.2) is 4.98 Å². The van der Waals surface area contributed by atoms with Gasteiger partial charge in [0, 0.05) is 17.6 Å². The van der Waals surface area contributed by atoms with Crippen molar-refractivity contribution >= 4 is 32.5 Å². The van der Waals surface area contributed by atoms with Crippen LogP contribution in [0.5, 0.6) is 0 Å². The Kier molecular flexibility index (Phi) is 2.29. The number of pyridine rings is 1. The van der Waals surface area contributed by atoms with Crippen molar-refractivity contribution in [3.63, 3.8) is 0 Å². The van der Waals surface area contributed by atoms with E-state index in [-0.39, 0.29) is 0 Å². The number of rotatable bonds is 0. The van der Waals surface area contributed by atoms with Gasteiger partial charge in [0.2, 0.25) is 0 Å². The minimum atomic E-state index is -0.404. The summed E-state index contributed by atoms with van der Waals surface area (Å²) in [4.78, 5) is 3.95. The number of nitrogens with zero attached hydrogens (tertiary/aromatic N) is 2. The van der Waals surface area contributed by atoms with Crippen molar-refractivity contribution in [2.75, 3.05) is 5.73 Å². The van der Waals surface area contributed by atoms with Gasteiger partial charge in [-0.15, -0.1) is 0 Å². The van der Waals surface area contributed by atoms with Gasteiger partial charge in [0.1, 0.15) is 11.9 Å². The molecule has 0 spiro atoms. The molecule has 2 aromatic rings. The second-order valence-electron chi connectivity index (χ2n) is 2.98. The van der Waals surface area contributed by atoms with E-state index in [0.29, 0.717) is 26.6 Å². The van der Waals surface area contributed by atoms with Crippen LogP contribution < -0.4 is 5.73 Å². The molecule has 0 fully saturated rings. The topological polar surface area (TPSA) is 62.7 Å². The molecular weight excluding hydrogens is 261 g/mol. The van der Waals surface area contributed by atoms with Gasteiger partial charge in [0.05, 0.1) is 21.2 Å². The summed E-state index contributed by atoms with van der Waals surface area (Å²) in [5.74, 6) is -0.404. The van der Waals surface area contributed by atoms with Gasteiger partial charge in [-0.3, -0.25) is 4.98 Å². The Morgan fingerprint density at radius 1 is 1.47 bits per heavy atom. The number of fused-ring (bicyclic) bond motifs is 1. The Balaban J connectivity index is 2.89. The van der Waals surface area contributed by atoms with Gasteiger partial charge < -0.3 is 5.73 Å². The molecule has 0 atom stereocenters. The second-order valence-corrected chi connectivity index (χ2v) is 3.84. The Bertz CT molecular complexity index is 589. The summed E-state index contributed by atoms with van der Waals surface area (Å²) < 4.78 is 13.5. The molecule has 15 heavy (non-hydrogen) atoms. The molecule has 0 radical (unpaired) electrons. The summed E-state index contributed by atoms with van der Waals surface area (Å²) >= 11 is 3.06. The van der Waals surface area contributed by atoms with Gasteiger partial charge in [0.25, 0.3) is 0 Å². The van der Waals surface area contributed by atoms with Crippen LogP contribution in [-0.2, 0) is 0 Å². The lowest BCUT2D eigenvalue weighted by atomic mass is 10.1. The van der Waals surface area contributed by atoms with Crippen LogP contribution in [0.1, 0.15) is 5.56 Å². The molecule has 0 amide bonds. The maximum atomic E-state index is 13.2. The van der Waals surface area contributed by atoms with Gasteiger partial charge in [-0.05, 0) is 22.0 Å². The predicted octanol–water partition coefficient (Wildman–Crippen LogP) is 2.59. The van der Waals surface area contributed by atoms with Crippen molar-refractivity contribution in [1.29, 1.82) is 5.26 Å². The fraction of sp³-hybridized carbons (Fsp3) is 0. The lowest BCUT2D eigenvalue weighted by Gasteiger charge is -2.04. The monoisotopic (exact) mass is 265 g/mol. The van der Waals surface area contributed by atoms with E-state index in [4.69, 9.17) is 11.0 Å². The Morgan fingerprint density at radius 3 is 2.87 bits per heavy atom. The highest BCUT2D eigenvalue weighted by Crippen LogP contribution is 2.27. The molecule has 0 saturated heterocycles. The van der Waals surface area contributed by atoms with Gasteiger partial charge in [-0.2, -0.15) is 5.26 Å². The van der Waals surface area contributed by atoms with Crippen molar-refractivity contribution in [1.82, 2.24) is 4.98 Å². The number of halogens is 2. The van der Waals surface area contributed by atoms with Crippen LogP contribution in [0.4, 0.5) is 10.1 Å². The average molecular weight is 266 g/mol. The lowest BCUT2D eigenvalue weighted by molar-refractivity contribution is 0.623. The minimum Gasteiger partial charge on any atom is -0.397 e. The summed E-state index contributed by atoms with van der Waals surface area (Å²) in [7, 11) is 0. The first-order valence-electron chi connectivity index (χ1n) is 4.07. The molecule has 0 aliphatic heterocycles. The summed E-state index contributed by atoms with van der Waals surface area (Å²) in [6.07, 6.45) is 1.34. The molecule has 2 rings (SSSR count). The van der Waals surface area contributed by atoms with E-state index in [1.807, 2.05) is 6.07 Å². The van der Waals surface area contributed by atoms with Crippen LogP contribution in [0.15, 0.2) is 22.8 Å². The molecule has 5 heteroatoms. The van der Waals surface area contributed by atoms with Crippen molar-refractivity contribution < 1.29 is 4.39 Å². The van der Waals surface area contributed by atoms with E-state index in [1.165, 1.54) is 18.3 Å². The third-order valence-corrected chi connectivity index (χ3v) is 2.68. The summed E-state index contributed by atoms with van der Waals surface area (Å²) in [6.45, 7) is 0. The zero-order valence-corrected chi connectivity index (χ0v) is 9.05. The molecule has 74 valence electrons. The number of nitrogen functional groups attached to an aromatic ring is 1. The Morgan fingerprint density at radius 2 is 2.20 bits per heavy atom. The molecule has 0 unspecified atom stereocenters. The quantitative estimate of drug-likeness (QED) is 0.797. The number of benzene rings is 1. The highest BCUT2D eigenvalue weighted by molar-refractivity contribution is 9.10. The number of anilines is 1. The number of hydrogen-bond acceptors (Lipinski definition) is 3. The van der Waals surface area contributed by atoms with Crippen molar-refractivity contribution in [2.45, 2.75) is 0 Å². The minimum absolute atomic E-state index is 0.293. The van der Waals surface area contributed by atoms with Gasteiger partial charge in [-0.1, -0.05) is 0 Å². The first-order chi connectivity index (χ1) is 7.13. The number of hydrogen-bond donors (Lipinski definition) is 1. The first kappa shape index (κ1) is 9.87. The van der Waals surface area contributed by atoms with Crippen LogP contribution in [0.3, 0.4) is 0 Å². The second kappa shape index (κ2) is 3.48. The fourth-order valence-electron chi connectivity index (χ4n) is 1.30. The van der Waals surface area contributed by atoms with Crippen LogP contribution in [0.2, 0.25) is 0 Å². The standard InChI is InChI=1S/C10H5BrFN3/c11-7-1-6-9(2-8(7)12)15-4-5(3-13)10(6)14/h1-2,4H,(H2,14,15). The highest BCUT2D eigenvalue weighted by Gasteiger charge is 2.08. The molecule has 1 aromatic heterocycles. The van der Waals surface area contributed by atoms with E-state index >= 15 is 0 Å². The molecule has 1 heterocycles. The van der Waals surface area contributed by atoms with Gasteiger partial charge >= 0.3 is 0 Å². The SMILES string of the molecule is N#Cc1cnc2cc(F)c(Br)cc2c1N. The largest absolute Gasteiger partial charge is 0.397 e. The summed E-state index contributed by atoms with van der Waals surface area (Å²) in [5, 5.41) is 9.32. The Hall–Kier alpha value is -1.67. The maximum Gasteiger partial charge on any atom is 0.139 e. The van der Waals surface area contributed by atoms with E-state index in [9.17, 15) is 4.39 Å². The molecular formula is C10H5BrFN3. The van der Waals surface area contributed by atoms with Crippen molar-refractivity contribution in [3.8, 4) is 6.07 Å². The van der Waals surface area contributed by atoms with Crippen molar-refractivity contribution in [2.24, 2.45) is 0 Å². The van der Waals surface area contributed by atoms with Crippen molar-refractivity contribution in [3.05, 3.63) is 34.2 Å². The maximum absolute atomic E-state index is 13.2. The zero-order valence-electron chi connectivity index (χ0n) is 7.46. The zero-order chi connectivity index (χ0) is 11.0. The van der Waals surface area contributed by atoms with E-state index in [0.717, 1.165) is 0 Å². The Labute approximate surface area is 93.5 Å². The molecule has 2 N–H and O–H groups in total. The van der Waals surface area contributed by atoms with E-state index in [1.54, 1.807) is 0 Å². The highest BCUT2D eigenvalue weighted by atomic mass is 79.9. The molecule has 0 aliphatic rings. The lowest BCUT2D eigenvalue weighted by Crippen LogP contribution is -1.95. The number of nitrogens with two attached hydrogens (primary N) is 1.